The highest BCUT2D eigenvalue weighted by Gasteiger charge is 2.22. The van der Waals surface area contributed by atoms with Crippen LogP contribution in [0.3, 0.4) is 0 Å². The summed E-state index contributed by atoms with van der Waals surface area (Å²) in [6.45, 7) is 11.3. The molecule has 1 fully saturated rings. The van der Waals surface area contributed by atoms with Crippen molar-refractivity contribution in [2.24, 2.45) is 5.92 Å². The Hall–Kier alpha value is -1.57. The molecule has 1 atom stereocenters. The Morgan fingerprint density at radius 1 is 1.26 bits per heavy atom. The number of likely N-dealkylation sites (tertiary alicyclic amines) is 1. The highest BCUT2D eigenvalue weighted by Crippen LogP contribution is 2.25. The summed E-state index contributed by atoms with van der Waals surface area (Å²) < 4.78 is 0. The van der Waals surface area contributed by atoms with Crippen LogP contribution >= 0.6 is 0 Å². The van der Waals surface area contributed by atoms with Gasteiger partial charge in [-0.2, -0.15) is 0 Å². The molecule has 2 heteroatoms. The molecule has 1 amide bonds. The first-order chi connectivity index (χ1) is 9.04. The van der Waals surface area contributed by atoms with Crippen molar-refractivity contribution in [1.82, 2.24) is 4.90 Å². The number of piperidine rings is 1. The summed E-state index contributed by atoms with van der Waals surface area (Å²) in [5, 5.41) is 0. The van der Waals surface area contributed by atoms with Gasteiger partial charge in [-0.25, -0.2) is 0 Å². The largest absolute Gasteiger partial charge is 0.342 e. The van der Waals surface area contributed by atoms with Crippen molar-refractivity contribution < 1.29 is 4.79 Å². The zero-order valence-corrected chi connectivity index (χ0v) is 12.4. The third-order valence-corrected chi connectivity index (χ3v) is 3.37. The first-order valence-electron chi connectivity index (χ1n) is 6.94. The smallest absolute Gasteiger partial charge is 0.219 e. The predicted octanol–water partition coefficient (Wildman–Crippen LogP) is 3.88. The number of hydrogen-bond acceptors (Lipinski definition) is 1. The minimum atomic E-state index is 0.177. The zero-order valence-electron chi connectivity index (χ0n) is 12.4. The van der Waals surface area contributed by atoms with E-state index in [1.165, 1.54) is 11.1 Å². The van der Waals surface area contributed by atoms with E-state index >= 15 is 0 Å². The van der Waals surface area contributed by atoms with Crippen molar-refractivity contribution in [2.45, 2.75) is 33.6 Å². The van der Waals surface area contributed by atoms with E-state index in [9.17, 15) is 4.79 Å². The minimum absolute atomic E-state index is 0.177. The molecule has 1 heterocycles. The van der Waals surface area contributed by atoms with E-state index in [2.05, 4.69) is 44.7 Å². The first-order valence-corrected chi connectivity index (χ1v) is 6.94. The summed E-state index contributed by atoms with van der Waals surface area (Å²) in [5.74, 6) is 0.605. The average molecular weight is 259 g/mol. The third-order valence-electron chi connectivity index (χ3n) is 3.37. The monoisotopic (exact) mass is 259 g/mol. The molecular weight excluding hydrogens is 234 g/mol. The summed E-state index contributed by atoms with van der Waals surface area (Å²) in [6.07, 6.45) is 12.4. The van der Waals surface area contributed by atoms with Crippen LogP contribution in [0.1, 0.15) is 33.6 Å². The molecule has 0 bridgehead atoms. The van der Waals surface area contributed by atoms with Crippen molar-refractivity contribution in [3.63, 3.8) is 0 Å². The Bertz CT molecular complexity index is 411. The zero-order chi connectivity index (χ0) is 14.3. The molecule has 0 aromatic heterocycles. The van der Waals surface area contributed by atoms with E-state index in [0.717, 1.165) is 25.9 Å². The van der Waals surface area contributed by atoms with Crippen molar-refractivity contribution >= 4 is 5.91 Å². The van der Waals surface area contributed by atoms with Crippen molar-refractivity contribution in [2.75, 3.05) is 13.1 Å². The SMILES string of the molecule is C=C/C=C(\C=C/C=C(C)C)C1CCCN(C(C)=O)C1. The summed E-state index contributed by atoms with van der Waals surface area (Å²) in [5.41, 5.74) is 2.54. The molecule has 1 rings (SSSR count). The van der Waals surface area contributed by atoms with Gasteiger partial charge in [0.2, 0.25) is 5.91 Å². The van der Waals surface area contributed by atoms with Gasteiger partial charge in [0.1, 0.15) is 0 Å². The number of carbonyl (C=O) groups excluding carboxylic acids is 1. The van der Waals surface area contributed by atoms with Gasteiger partial charge in [0.15, 0.2) is 0 Å². The van der Waals surface area contributed by atoms with Gasteiger partial charge >= 0.3 is 0 Å². The molecule has 1 aliphatic rings. The van der Waals surface area contributed by atoms with Crippen molar-refractivity contribution in [3.05, 3.63) is 48.1 Å². The van der Waals surface area contributed by atoms with E-state index < -0.39 is 0 Å². The molecule has 19 heavy (non-hydrogen) atoms. The quantitative estimate of drug-likeness (QED) is 0.702. The second kappa shape index (κ2) is 7.78. The normalized spacial score (nSPS) is 20.5. The van der Waals surface area contributed by atoms with E-state index in [1.54, 1.807) is 6.92 Å². The summed E-state index contributed by atoms with van der Waals surface area (Å²) in [6, 6.07) is 0. The molecule has 0 spiro atoms. The number of amides is 1. The molecule has 104 valence electrons. The van der Waals surface area contributed by atoms with Gasteiger partial charge in [0.25, 0.3) is 0 Å². The number of rotatable bonds is 4. The van der Waals surface area contributed by atoms with Crippen LogP contribution in [0.5, 0.6) is 0 Å². The van der Waals surface area contributed by atoms with E-state index in [-0.39, 0.29) is 5.91 Å². The van der Waals surface area contributed by atoms with Crippen LogP contribution in [-0.4, -0.2) is 23.9 Å². The van der Waals surface area contributed by atoms with Gasteiger partial charge < -0.3 is 4.90 Å². The van der Waals surface area contributed by atoms with Crippen LogP contribution in [0.25, 0.3) is 0 Å². The molecule has 0 N–H and O–H groups in total. The fraction of sp³-hybridized carbons (Fsp3) is 0.471. The molecular formula is C17H25NO. The lowest BCUT2D eigenvalue weighted by Gasteiger charge is -2.32. The first kappa shape index (κ1) is 15.5. The molecule has 0 aromatic carbocycles. The topological polar surface area (TPSA) is 20.3 Å². The van der Waals surface area contributed by atoms with Crippen LogP contribution in [0.2, 0.25) is 0 Å². The Balaban J connectivity index is 2.79. The average Bonchev–Trinajstić information content (AvgIpc) is 2.37. The van der Waals surface area contributed by atoms with Gasteiger partial charge in [0.05, 0.1) is 0 Å². The van der Waals surface area contributed by atoms with E-state index in [0.29, 0.717) is 5.92 Å². The second-order valence-corrected chi connectivity index (χ2v) is 5.31. The van der Waals surface area contributed by atoms with E-state index in [4.69, 9.17) is 0 Å². The maximum absolute atomic E-state index is 11.5. The Kier molecular flexibility index (Phi) is 6.34. The minimum Gasteiger partial charge on any atom is -0.342 e. The van der Waals surface area contributed by atoms with Crippen LogP contribution in [0.4, 0.5) is 0 Å². The second-order valence-electron chi connectivity index (χ2n) is 5.31. The molecule has 2 nitrogen and oxygen atoms in total. The number of hydrogen-bond donors (Lipinski definition) is 0. The Morgan fingerprint density at radius 2 is 2.00 bits per heavy atom. The van der Waals surface area contributed by atoms with Crippen molar-refractivity contribution in [3.8, 4) is 0 Å². The van der Waals surface area contributed by atoms with Gasteiger partial charge in [0, 0.05) is 25.9 Å². The fourth-order valence-corrected chi connectivity index (χ4v) is 2.35. The fourth-order valence-electron chi connectivity index (χ4n) is 2.35. The Morgan fingerprint density at radius 3 is 2.58 bits per heavy atom. The predicted molar refractivity (Wildman–Crippen MR) is 81.8 cm³/mol. The molecule has 0 aromatic rings. The lowest BCUT2D eigenvalue weighted by atomic mass is 9.89. The molecule has 1 saturated heterocycles. The van der Waals surface area contributed by atoms with Gasteiger partial charge in [-0.1, -0.05) is 42.5 Å². The number of allylic oxidation sites excluding steroid dienone is 6. The summed E-state index contributed by atoms with van der Waals surface area (Å²) in [4.78, 5) is 13.4. The summed E-state index contributed by atoms with van der Waals surface area (Å²) in [7, 11) is 0. The van der Waals surface area contributed by atoms with Crippen LogP contribution in [0, 0.1) is 5.92 Å². The van der Waals surface area contributed by atoms with Crippen LogP contribution < -0.4 is 0 Å². The lowest BCUT2D eigenvalue weighted by Crippen LogP contribution is -2.38. The van der Waals surface area contributed by atoms with Crippen LogP contribution in [0.15, 0.2) is 48.1 Å². The van der Waals surface area contributed by atoms with Gasteiger partial charge in [-0.3, -0.25) is 4.79 Å². The molecule has 0 radical (unpaired) electrons. The highest BCUT2D eigenvalue weighted by atomic mass is 16.2. The van der Waals surface area contributed by atoms with Gasteiger partial charge in [-0.05, 0) is 32.3 Å². The standard InChI is InChI=1S/C17H25NO/c1-5-8-16(10-6-9-14(2)3)17-11-7-12-18(13-17)15(4)19/h5-6,8-10,17H,1,7,11-13H2,2-4H3/b10-6-,16-8+. The van der Waals surface area contributed by atoms with Crippen LogP contribution in [-0.2, 0) is 4.79 Å². The Labute approximate surface area is 117 Å². The van der Waals surface area contributed by atoms with E-state index in [1.807, 2.05) is 11.0 Å². The van der Waals surface area contributed by atoms with Gasteiger partial charge in [-0.15, -0.1) is 0 Å². The van der Waals surface area contributed by atoms with Crippen molar-refractivity contribution in [1.29, 1.82) is 0 Å². The molecule has 1 aliphatic heterocycles. The maximum Gasteiger partial charge on any atom is 0.219 e. The summed E-state index contributed by atoms with van der Waals surface area (Å²) >= 11 is 0. The molecule has 1 unspecified atom stereocenters. The molecule has 0 saturated carbocycles. The maximum atomic E-state index is 11.5. The third kappa shape index (κ3) is 5.29. The lowest BCUT2D eigenvalue weighted by molar-refractivity contribution is -0.130. The highest BCUT2D eigenvalue weighted by molar-refractivity contribution is 5.73. The number of carbonyl (C=O) groups is 1. The number of nitrogens with zero attached hydrogens (tertiary/aromatic N) is 1. The molecule has 0 aliphatic carbocycles.